The lowest BCUT2D eigenvalue weighted by Gasteiger charge is -2.03. The van der Waals surface area contributed by atoms with E-state index in [-0.39, 0.29) is 5.69 Å². The van der Waals surface area contributed by atoms with Crippen molar-refractivity contribution in [3.05, 3.63) is 61.7 Å². The molecule has 2 aromatic carbocycles. The molecule has 0 aliphatic heterocycles. The van der Waals surface area contributed by atoms with Gasteiger partial charge in [-0.2, -0.15) is 5.26 Å². The summed E-state index contributed by atoms with van der Waals surface area (Å²) in [5, 5.41) is 19.8. The lowest BCUT2D eigenvalue weighted by atomic mass is 10.2. The van der Waals surface area contributed by atoms with Crippen molar-refractivity contribution in [2.24, 2.45) is 0 Å². The zero-order valence-corrected chi connectivity index (χ0v) is 12.5. The lowest BCUT2D eigenvalue weighted by Crippen LogP contribution is -1.91. The van der Waals surface area contributed by atoms with Crippen LogP contribution in [0.25, 0.3) is 0 Å². The van der Waals surface area contributed by atoms with Crippen LogP contribution in [0.5, 0.6) is 0 Å². The van der Waals surface area contributed by atoms with E-state index in [9.17, 15) is 10.1 Å². The Kier molecular flexibility index (Phi) is 4.39. The molecular weight excluding hydrogens is 375 g/mol. The summed E-state index contributed by atoms with van der Waals surface area (Å²) >= 11 is 3.52. The quantitative estimate of drug-likeness (QED) is 0.453. The third-order valence-electron chi connectivity index (χ3n) is 2.33. The zero-order valence-electron chi connectivity index (χ0n) is 9.54. The number of rotatable bonds is 3. The molecular formula is C13H7IN2O2S. The second kappa shape index (κ2) is 6.04. The Hall–Kier alpha value is -1.59. The molecule has 0 unspecified atom stereocenters. The molecule has 0 heterocycles. The lowest BCUT2D eigenvalue weighted by molar-refractivity contribution is -0.387. The maximum absolute atomic E-state index is 11.0. The third kappa shape index (κ3) is 3.45. The Morgan fingerprint density at radius 1 is 1.21 bits per heavy atom. The number of nitriles is 1. The first kappa shape index (κ1) is 13.8. The minimum atomic E-state index is -0.462. The summed E-state index contributed by atoms with van der Waals surface area (Å²) < 4.78 is 1.11. The van der Waals surface area contributed by atoms with Gasteiger partial charge >= 0.3 is 0 Å². The van der Waals surface area contributed by atoms with Gasteiger partial charge in [0.2, 0.25) is 0 Å². The first-order valence-corrected chi connectivity index (χ1v) is 7.11. The fourth-order valence-electron chi connectivity index (χ4n) is 1.45. The van der Waals surface area contributed by atoms with Gasteiger partial charge in [0.05, 0.1) is 21.5 Å². The van der Waals surface area contributed by atoms with Crippen LogP contribution >= 0.6 is 34.4 Å². The van der Waals surface area contributed by atoms with Gasteiger partial charge in [0, 0.05) is 14.5 Å². The maximum Gasteiger partial charge on any atom is 0.284 e. The number of nitro groups is 1. The summed E-state index contributed by atoms with van der Waals surface area (Å²) in [6.07, 6.45) is 0. The second-order valence-electron chi connectivity index (χ2n) is 3.61. The van der Waals surface area contributed by atoms with Gasteiger partial charge in [0.15, 0.2) is 0 Å². The molecule has 0 bridgehead atoms. The van der Waals surface area contributed by atoms with Crippen LogP contribution in [-0.4, -0.2) is 4.92 Å². The number of halogens is 1. The molecule has 0 N–H and O–H groups in total. The maximum atomic E-state index is 11.0. The Labute approximate surface area is 127 Å². The molecule has 0 saturated heterocycles. The van der Waals surface area contributed by atoms with Gasteiger partial charge in [0.1, 0.15) is 0 Å². The van der Waals surface area contributed by atoms with E-state index < -0.39 is 4.92 Å². The van der Waals surface area contributed by atoms with E-state index in [4.69, 9.17) is 5.26 Å². The monoisotopic (exact) mass is 382 g/mol. The molecule has 94 valence electrons. The number of nitro benzene ring substituents is 1. The smallest absolute Gasteiger partial charge is 0.258 e. The summed E-state index contributed by atoms with van der Waals surface area (Å²) in [7, 11) is 0. The minimum absolute atomic E-state index is 0.0393. The molecule has 19 heavy (non-hydrogen) atoms. The molecule has 0 aromatic heterocycles. The Morgan fingerprint density at radius 2 is 1.89 bits per heavy atom. The van der Waals surface area contributed by atoms with Crippen LogP contribution in [0.3, 0.4) is 0 Å². The van der Waals surface area contributed by atoms with Crippen molar-refractivity contribution in [3.63, 3.8) is 0 Å². The van der Waals surface area contributed by atoms with Crippen molar-refractivity contribution >= 4 is 40.0 Å². The molecule has 0 radical (unpaired) electrons. The molecule has 6 heteroatoms. The molecule has 0 amide bonds. The predicted octanol–water partition coefficient (Wildman–Crippen LogP) is 4.22. The van der Waals surface area contributed by atoms with Crippen LogP contribution in [-0.2, 0) is 0 Å². The SMILES string of the molecule is N#Cc1ccc(Sc2ccc(I)cc2)c([N+](=O)[O-])c1. The fraction of sp³-hybridized carbons (Fsp3) is 0. The third-order valence-corrected chi connectivity index (χ3v) is 4.12. The fourth-order valence-corrected chi connectivity index (χ4v) is 2.71. The molecule has 0 spiro atoms. The summed E-state index contributed by atoms with van der Waals surface area (Å²) in [6.45, 7) is 0. The van der Waals surface area contributed by atoms with E-state index in [1.165, 1.54) is 17.8 Å². The molecule has 2 aromatic rings. The van der Waals surface area contributed by atoms with Crippen LogP contribution in [0.15, 0.2) is 52.3 Å². The average Bonchev–Trinajstić information content (AvgIpc) is 2.41. The molecule has 4 nitrogen and oxygen atoms in total. The highest BCUT2D eigenvalue weighted by Crippen LogP contribution is 2.35. The van der Waals surface area contributed by atoms with E-state index in [0.29, 0.717) is 10.5 Å². The van der Waals surface area contributed by atoms with Crippen molar-refractivity contribution in [2.75, 3.05) is 0 Å². The number of hydrogen-bond acceptors (Lipinski definition) is 4. The van der Waals surface area contributed by atoms with Crippen molar-refractivity contribution in [1.29, 1.82) is 5.26 Å². The summed E-state index contributed by atoms with van der Waals surface area (Å²) in [5.41, 5.74) is 0.251. The minimum Gasteiger partial charge on any atom is -0.258 e. The first-order valence-electron chi connectivity index (χ1n) is 5.22. The summed E-state index contributed by atoms with van der Waals surface area (Å²) in [4.78, 5) is 12.0. The molecule has 0 saturated carbocycles. The van der Waals surface area contributed by atoms with E-state index in [2.05, 4.69) is 22.6 Å². The van der Waals surface area contributed by atoms with Gasteiger partial charge in [-0.05, 0) is 59.0 Å². The molecule has 0 aliphatic rings. The van der Waals surface area contributed by atoms with Gasteiger partial charge in [-0.3, -0.25) is 10.1 Å². The second-order valence-corrected chi connectivity index (χ2v) is 5.97. The van der Waals surface area contributed by atoms with Gasteiger partial charge in [0.25, 0.3) is 5.69 Å². The summed E-state index contributed by atoms with van der Waals surface area (Å²) in [6, 6.07) is 14.1. The molecule has 0 atom stereocenters. The van der Waals surface area contributed by atoms with Crippen molar-refractivity contribution in [1.82, 2.24) is 0 Å². The highest BCUT2D eigenvalue weighted by Gasteiger charge is 2.15. The Morgan fingerprint density at radius 3 is 2.47 bits per heavy atom. The first-order chi connectivity index (χ1) is 9.10. The van der Waals surface area contributed by atoms with Crippen molar-refractivity contribution in [3.8, 4) is 6.07 Å². The molecule has 0 fully saturated rings. The topological polar surface area (TPSA) is 66.9 Å². The van der Waals surface area contributed by atoms with Gasteiger partial charge in [-0.15, -0.1) is 0 Å². The van der Waals surface area contributed by atoms with E-state index in [1.807, 2.05) is 30.3 Å². The van der Waals surface area contributed by atoms with Crippen molar-refractivity contribution in [2.45, 2.75) is 9.79 Å². The Bertz CT molecular complexity index is 665. The summed E-state index contributed by atoms with van der Waals surface area (Å²) in [5.74, 6) is 0. The van der Waals surface area contributed by atoms with Crippen LogP contribution in [0.1, 0.15) is 5.56 Å². The number of benzene rings is 2. The molecule has 0 aliphatic carbocycles. The standard InChI is InChI=1S/C13H7IN2O2S/c14-10-2-4-11(5-3-10)19-13-6-1-9(8-15)7-12(13)16(17)18/h1-7H. The highest BCUT2D eigenvalue weighted by molar-refractivity contribution is 14.1. The highest BCUT2D eigenvalue weighted by atomic mass is 127. The van der Waals surface area contributed by atoms with Crippen LogP contribution in [0.4, 0.5) is 5.69 Å². The average molecular weight is 382 g/mol. The molecule has 2 rings (SSSR count). The van der Waals surface area contributed by atoms with Gasteiger partial charge < -0.3 is 0 Å². The number of nitrogens with zero attached hydrogens (tertiary/aromatic N) is 2. The van der Waals surface area contributed by atoms with E-state index >= 15 is 0 Å². The van der Waals surface area contributed by atoms with Crippen LogP contribution in [0, 0.1) is 25.0 Å². The van der Waals surface area contributed by atoms with Crippen LogP contribution < -0.4 is 0 Å². The Balaban J connectivity index is 2.37. The van der Waals surface area contributed by atoms with E-state index in [1.54, 1.807) is 12.1 Å². The predicted molar refractivity (Wildman–Crippen MR) is 81.1 cm³/mol. The number of hydrogen-bond donors (Lipinski definition) is 0. The van der Waals surface area contributed by atoms with Gasteiger partial charge in [-0.25, -0.2) is 0 Å². The van der Waals surface area contributed by atoms with Crippen LogP contribution in [0.2, 0.25) is 0 Å². The van der Waals surface area contributed by atoms with E-state index in [0.717, 1.165) is 8.47 Å². The largest absolute Gasteiger partial charge is 0.284 e. The van der Waals surface area contributed by atoms with Gasteiger partial charge in [-0.1, -0.05) is 11.8 Å². The van der Waals surface area contributed by atoms with Crippen molar-refractivity contribution < 1.29 is 4.92 Å². The zero-order chi connectivity index (χ0) is 13.8. The normalized spacial score (nSPS) is 9.89.